The van der Waals surface area contributed by atoms with Gasteiger partial charge in [0.2, 0.25) is 0 Å². The summed E-state index contributed by atoms with van der Waals surface area (Å²) in [5.74, 6) is 0.456. The van der Waals surface area contributed by atoms with E-state index in [-0.39, 0.29) is 19.1 Å². The zero-order chi connectivity index (χ0) is 9.40. The van der Waals surface area contributed by atoms with Gasteiger partial charge in [-0.1, -0.05) is 0 Å². The first kappa shape index (κ1) is 15.5. The van der Waals surface area contributed by atoms with Gasteiger partial charge < -0.3 is 10.8 Å². The minimum Gasteiger partial charge on any atom is -0.480 e. The molecule has 0 saturated heterocycles. The molecule has 3 N–H and O–H groups in total. The van der Waals surface area contributed by atoms with Crippen LogP contribution in [0.2, 0.25) is 0 Å². The molecule has 0 aliphatic heterocycles. The molecule has 13 heavy (non-hydrogen) atoms. The molecule has 0 unspecified atom stereocenters. The van der Waals surface area contributed by atoms with Crippen LogP contribution in [-0.4, -0.2) is 35.3 Å². The maximum atomic E-state index is 11.6. The summed E-state index contributed by atoms with van der Waals surface area (Å²) in [6, 6.07) is -0.775. The second-order valence-electron chi connectivity index (χ2n) is 2.39. The van der Waals surface area contributed by atoms with Crippen molar-refractivity contribution in [3.8, 4) is 0 Å². The summed E-state index contributed by atoms with van der Waals surface area (Å²) < 4.78 is 11.6. The second kappa shape index (κ2) is 10.1. The van der Waals surface area contributed by atoms with Crippen molar-refractivity contribution in [3.63, 3.8) is 0 Å². The highest BCUT2D eigenvalue weighted by Gasteiger charge is 2.09. The molecule has 0 rings (SSSR count). The van der Waals surface area contributed by atoms with Crippen molar-refractivity contribution in [2.45, 2.75) is 18.9 Å². The van der Waals surface area contributed by atoms with Crippen LogP contribution in [0.3, 0.4) is 0 Å². The van der Waals surface area contributed by atoms with E-state index in [2.05, 4.69) is 0 Å². The number of thioether (sulfide) groups is 1. The van der Waals surface area contributed by atoms with Crippen LogP contribution in [0.15, 0.2) is 0 Å². The summed E-state index contributed by atoms with van der Waals surface area (Å²) in [4.78, 5) is 10.2. The van der Waals surface area contributed by atoms with E-state index in [1.165, 1.54) is 0 Å². The van der Waals surface area contributed by atoms with Crippen molar-refractivity contribution in [3.05, 3.63) is 0 Å². The molecular weight excluding hydrogens is 217 g/mol. The summed E-state index contributed by atoms with van der Waals surface area (Å²) in [5, 5.41) is 8.39. The van der Waals surface area contributed by atoms with Crippen molar-refractivity contribution < 1.29 is 14.3 Å². The minimum atomic E-state index is -0.971. The number of aliphatic carboxylic acids is 1. The molecule has 1 atom stereocenters. The van der Waals surface area contributed by atoms with E-state index >= 15 is 0 Å². The number of rotatable bonds is 7. The van der Waals surface area contributed by atoms with Crippen molar-refractivity contribution in [2.75, 3.05) is 18.2 Å². The van der Waals surface area contributed by atoms with Crippen LogP contribution < -0.4 is 5.73 Å². The third-order valence-electron chi connectivity index (χ3n) is 1.31. The van der Waals surface area contributed by atoms with Gasteiger partial charge >= 0.3 is 5.97 Å². The van der Waals surface area contributed by atoms with Crippen molar-refractivity contribution in [2.24, 2.45) is 5.73 Å². The van der Waals surface area contributed by atoms with Crippen molar-refractivity contribution >= 4 is 30.1 Å². The molecule has 0 aliphatic carbocycles. The Morgan fingerprint density at radius 2 is 2.15 bits per heavy atom. The van der Waals surface area contributed by atoms with Gasteiger partial charge in [-0.2, -0.15) is 11.8 Å². The number of carboxylic acids is 1. The van der Waals surface area contributed by atoms with Gasteiger partial charge in [-0.25, -0.2) is 0 Å². The number of halogens is 2. The second-order valence-corrected chi connectivity index (χ2v) is 3.61. The van der Waals surface area contributed by atoms with Gasteiger partial charge in [-0.15, -0.1) is 12.4 Å². The smallest absolute Gasteiger partial charge is 0.320 e. The Balaban J connectivity index is 0. The zero-order valence-corrected chi connectivity index (χ0v) is 8.87. The molecule has 80 valence electrons. The maximum absolute atomic E-state index is 11.6. The fourth-order valence-corrected chi connectivity index (χ4v) is 1.53. The number of carboxylic acid groups (broad SMARTS) is 1. The third kappa shape index (κ3) is 9.92. The Morgan fingerprint density at radius 3 is 2.62 bits per heavy atom. The van der Waals surface area contributed by atoms with Crippen LogP contribution >= 0.6 is 24.2 Å². The van der Waals surface area contributed by atoms with E-state index in [0.29, 0.717) is 18.6 Å². The summed E-state index contributed by atoms with van der Waals surface area (Å²) >= 11 is 1.54. The standard InChI is InChI=1S/C7H14FNO2S.ClH/c8-3-1-4-12-5-2-6(9)7(10)11;/h6H,1-5,9H2,(H,10,11);1H/t6-;/m0./s1. The number of carbonyl (C=O) groups is 1. The molecule has 0 aromatic rings. The summed E-state index contributed by atoms with van der Waals surface area (Å²) in [5.41, 5.74) is 5.24. The molecule has 0 heterocycles. The molecule has 0 radical (unpaired) electrons. The molecule has 0 saturated carbocycles. The maximum Gasteiger partial charge on any atom is 0.320 e. The lowest BCUT2D eigenvalue weighted by molar-refractivity contribution is -0.138. The van der Waals surface area contributed by atoms with Crippen LogP contribution in [0, 0.1) is 0 Å². The van der Waals surface area contributed by atoms with E-state index < -0.39 is 12.0 Å². The first-order valence-corrected chi connectivity index (χ1v) is 4.96. The van der Waals surface area contributed by atoms with Gasteiger partial charge in [-0.05, 0) is 24.3 Å². The normalized spacial score (nSPS) is 11.8. The van der Waals surface area contributed by atoms with Crippen LogP contribution in [-0.2, 0) is 4.79 Å². The highest BCUT2D eigenvalue weighted by Crippen LogP contribution is 2.05. The molecule has 0 aromatic heterocycles. The minimum absolute atomic E-state index is 0. The lowest BCUT2D eigenvalue weighted by Crippen LogP contribution is -2.30. The Bertz CT molecular complexity index is 140. The van der Waals surface area contributed by atoms with Gasteiger partial charge in [0, 0.05) is 0 Å². The number of alkyl halides is 1. The van der Waals surface area contributed by atoms with Crippen LogP contribution in [0.25, 0.3) is 0 Å². The summed E-state index contributed by atoms with van der Waals surface area (Å²) in [7, 11) is 0. The average molecular weight is 232 g/mol. The van der Waals surface area contributed by atoms with Crippen LogP contribution in [0.5, 0.6) is 0 Å². The van der Waals surface area contributed by atoms with Gasteiger partial charge in [0.25, 0.3) is 0 Å². The number of hydrogen-bond acceptors (Lipinski definition) is 3. The molecular formula is C7H15ClFNO2S. The quantitative estimate of drug-likeness (QED) is 0.649. The summed E-state index contributed by atoms with van der Waals surface area (Å²) in [6.07, 6.45) is 0.985. The number of hydrogen-bond donors (Lipinski definition) is 2. The van der Waals surface area contributed by atoms with E-state index in [1.54, 1.807) is 11.8 Å². The first-order valence-electron chi connectivity index (χ1n) is 3.80. The molecule has 6 heteroatoms. The SMILES string of the molecule is Cl.N[C@@H](CCSCCCF)C(=O)O. The Morgan fingerprint density at radius 1 is 1.54 bits per heavy atom. The van der Waals surface area contributed by atoms with Crippen LogP contribution in [0.1, 0.15) is 12.8 Å². The Kier molecular flexibility index (Phi) is 12.0. The van der Waals surface area contributed by atoms with Gasteiger partial charge in [-0.3, -0.25) is 9.18 Å². The molecule has 0 aromatic carbocycles. The summed E-state index contributed by atoms with van der Waals surface area (Å²) in [6.45, 7) is -0.308. The highest BCUT2D eigenvalue weighted by atomic mass is 35.5. The van der Waals surface area contributed by atoms with E-state index in [9.17, 15) is 9.18 Å². The lowest BCUT2D eigenvalue weighted by atomic mass is 10.2. The molecule has 0 fully saturated rings. The number of nitrogens with two attached hydrogens (primary N) is 1. The van der Waals surface area contributed by atoms with Gasteiger partial charge in [0.1, 0.15) is 6.04 Å². The zero-order valence-electron chi connectivity index (χ0n) is 7.24. The Labute approximate surface area is 87.7 Å². The third-order valence-corrected chi connectivity index (χ3v) is 2.41. The predicted molar refractivity (Wildman–Crippen MR) is 55.4 cm³/mol. The van der Waals surface area contributed by atoms with E-state index in [4.69, 9.17) is 10.8 Å². The molecule has 3 nitrogen and oxygen atoms in total. The van der Waals surface area contributed by atoms with Gasteiger partial charge in [0.05, 0.1) is 6.67 Å². The Hall–Kier alpha value is 0. The molecule has 0 bridgehead atoms. The molecule has 0 spiro atoms. The molecule has 0 amide bonds. The van der Waals surface area contributed by atoms with Crippen LogP contribution in [0.4, 0.5) is 4.39 Å². The average Bonchev–Trinajstić information content (AvgIpc) is 2.03. The fourth-order valence-electron chi connectivity index (χ4n) is 0.592. The van der Waals surface area contributed by atoms with Crippen molar-refractivity contribution in [1.29, 1.82) is 0 Å². The molecule has 0 aliphatic rings. The predicted octanol–water partition coefficient (Wildman–Crippen LogP) is 1.30. The fraction of sp³-hybridized carbons (Fsp3) is 0.857. The van der Waals surface area contributed by atoms with Gasteiger partial charge in [0.15, 0.2) is 0 Å². The van der Waals surface area contributed by atoms with E-state index in [1.807, 2.05) is 0 Å². The largest absolute Gasteiger partial charge is 0.480 e. The first-order chi connectivity index (χ1) is 5.68. The lowest BCUT2D eigenvalue weighted by Gasteiger charge is -2.04. The highest BCUT2D eigenvalue weighted by molar-refractivity contribution is 7.99. The van der Waals surface area contributed by atoms with Crippen molar-refractivity contribution in [1.82, 2.24) is 0 Å². The monoisotopic (exact) mass is 231 g/mol. The topological polar surface area (TPSA) is 63.3 Å². The van der Waals surface area contributed by atoms with E-state index in [0.717, 1.165) is 5.75 Å².